The second-order valence-electron chi connectivity index (χ2n) is 1.06. The number of azide groups is 1. The first-order chi connectivity index (χ1) is 3.81. The van der Waals surface area contributed by atoms with E-state index in [2.05, 4.69) is 16.6 Å². The third-order valence-corrected chi connectivity index (χ3v) is 0.517. The van der Waals surface area contributed by atoms with Crippen molar-refractivity contribution in [1.29, 1.82) is 0 Å². The van der Waals surface area contributed by atoms with Gasteiger partial charge >= 0.3 is 0 Å². The molecule has 0 fully saturated rings. The largest absolute Gasteiger partial charge is 0.295 e. The van der Waals surface area contributed by atoms with Gasteiger partial charge in [-0.3, -0.25) is 4.79 Å². The van der Waals surface area contributed by atoms with Gasteiger partial charge in [-0.15, -0.1) is 0 Å². The number of hydrogen-bond acceptors (Lipinski definition) is 2. The Morgan fingerprint density at radius 3 is 3.00 bits per heavy atom. The number of carbonyl (C=O) groups is 1. The van der Waals surface area contributed by atoms with Crippen molar-refractivity contribution in [3.05, 3.63) is 23.1 Å². The van der Waals surface area contributed by atoms with Gasteiger partial charge in [0.05, 0.1) is 6.54 Å². The molecule has 0 rings (SSSR count). The van der Waals surface area contributed by atoms with Gasteiger partial charge in [0.25, 0.3) is 0 Å². The minimum Gasteiger partial charge on any atom is -0.295 e. The fraction of sp³-hybridized carbons (Fsp3) is 0.250. The number of ketones is 1. The van der Waals surface area contributed by atoms with Gasteiger partial charge in [0.15, 0.2) is 5.78 Å². The highest BCUT2D eigenvalue weighted by Crippen LogP contribution is 1.74. The van der Waals surface area contributed by atoms with Crippen LogP contribution >= 0.6 is 0 Å². The summed E-state index contributed by atoms with van der Waals surface area (Å²) in [6.07, 6.45) is 1.12. The zero-order valence-electron chi connectivity index (χ0n) is 4.24. The fourth-order valence-electron chi connectivity index (χ4n) is 0.166. The molecule has 0 aromatic carbocycles. The average molecular weight is 111 g/mol. The number of rotatable bonds is 3. The predicted molar refractivity (Wildman–Crippen MR) is 29.2 cm³/mol. The molecule has 4 nitrogen and oxygen atoms in total. The van der Waals surface area contributed by atoms with Crippen LogP contribution < -0.4 is 0 Å². The maximum atomic E-state index is 10.2. The summed E-state index contributed by atoms with van der Waals surface area (Å²) in [6, 6.07) is 0. The van der Waals surface area contributed by atoms with Crippen LogP contribution in [0.5, 0.6) is 0 Å². The van der Waals surface area contributed by atoms with E-state index in [1.807, 2.05) is 0 Å². The van der Waals surface area contributed by atoms with Crippen LogP contribution in [-0.2, 0) is 4.79 Å². The molecule has 42 valence electrons. The van der Waals surface area contributed by atoms with E-state index in [9.17, 15) is 4.79 Å². The highest BCUT2D eigenvalue weighted by atomic mass is 16.1. The van der Waals surface area contributed by atoms with Crippen molar-refractivity contribution in [2.75, 3.05) is 6.54 Å². The molecular formula is C4H5N3O. The van der Waals surface area contributed by atoms with Crippen LogP contribution in [0.3, 0.4) is 0 Å². The molecule has 0 amide bonds. The van der Waals surface area contributed by atoms with E-state index in [0.29, 0.717) is 0 Å². The van der Waals surface area contributed by atoms with Crippen molar-refractivity contribution in [2.24, 2.45) is 5.11 Å². The summed E-state index contributed by atoms with van der Waals surface area (Å²) in [7, 11) is 0. The van der Waals surface area contributed by atoms with Crippen LogP contribution in [0, 0.1) is 0 Å². The lowest BCUT2D eigenvalue weighted by Crippen LogP contribution is -1.93. The van der Waals surface area contributed by atoms with Crippen LogP contribution in [0.1, 0.15) is 0 Å². The van der Waals surface area contributed by atoms with E-state index >= 15 is 0 Å². The van der Waals surface area contributed by atoms with Gasteiger partial charge in [-0.25, -0.2) is 0 Å². The van der Waals surface area contributed by atoms with Gasteiger partial charge in [-0.1, -0.05) is 11.7 Å². The van der Waals surface area contributed by atoms with Gasteiger partial charge in [0.2, 0.25) is 0 Å². The molecule has 0 bridgehead atoms. The van der Waals surface area contributed by atoms with Gasteiger partial charge in [0.1, 0.15) is 0 Å². The minimum absolute atomic E-state index is 0.125. The molecule has 0 unspecified atom stereocenters. The Morgan fingerprint density at radius 2 is 2.62 bits per heavy atom. The fourth-order valence-corrected chi connectivity index (χ4v) is 0.166. The molecule has 0 atom stereocenters. The zero-order chi connectivity index (χ0) is 6.41. The summed E-state index contributed by atoms with van der Waals surface area (Å²) in [5.41, 5.74) is 7.68. The normalized spacial score (nSPS) is 7.00. The first-order valence-corrected chi connectivity index (χ1v) is 1.97. The van der Waals surface area contributed by atoms with E-state index < -0.39 is 0 Å². The maximum Gasteiger partial charge on any atom is 0.160 e. The first kappa shape index (κ1) is 6.72. The third kappa shape index (κ3) is 2.93. The van der Waals surface area contributed by atoms with E-state index in [1.54, 1.807) is 0 Å². The number of carbonyl (C=O) groups excluding carboxylic acids is 1. The number of nitrogens with zero attached hydrogens (tertiary/aromatic N) is 3. The predicted octanol–water partition coefficient (Wildman–Crippen LogP) is 1.05. The second-order valence-corrected chi connectivity index (χ2v) is 1.06. The van der Waals surface area contributed by atoms with Crippen molar-refractivity contribution >= 4 is 5.78 Å². The van der Waals surface area contributed by atoms with Gasteiger partial charge in [-0.2, -0.15) is 0 Å². The molecule has 0 radical (unpaired) electrons. The zero-order valence-corrected chi connectivity index (χ0v) is 4.24. The third-order valence-electron chi connectivity index (χ3n) is 0.517. The van der Waals surface area contributed by atoms with Crippen LogP contribution in [0.2, 0.25) is 0 Å². The van der Waals surface area contributed by atoms with Gasteiger partial charge in [0, 0.05) is 4.91 Å². The molecule has 0 N–H and O–H groups in total. The summed E-state index contributed by atoms with van der Waals surface area (Å²) >= 11 is 0. The highest BCUT2D eigenvalue weighted by molar-refractivity contribution is 5.90. The molecule has 4 heteroatoms. The maximum absolute atomic E-state index is 10.2. The smallest absolute Gasteiger partial charge is 0.160 e. The van der Waals surface area contributed by atoms with Gasteiger partial charge < -0.3 is 0 Å². The van der Waals surface area contributed by atoms with Crippen molar-refractivity contribution in [1.82, 2.24) is 0 Å². The molecule has 0 saturated carbocycles. The Hall–Kier alpha value is -1.28. The SMILES string of the molecule is C=CC(=O)CN=[N+]=[N-]. The molecule has 0 saturated heterocycles. The summed E-state index contributed by atoms with van der Waals surface area (Å²) in [6.45, 7) is 3.06. The quantitative estimate of drug-likeness (QED) is 0.232. The Balaban J connectivity index is 3.55. The summed E-state index contributed by atoms with van der Waals surface area (Å²) < 4.78 is 0. The van der Waals surface area contributed by atoms with Gasteiger partial charge in [-0.05, 0) is 11.6 Å². The van der Waals surface area contributed by atoms with Crippen LogP contribution in [0.4, 0.5) is 0 Å². The summed E-state index contributed by atoms with van der Waals surface area (Å²) in [4.78, 5) is 12.6. The Morgan fingerprint density at radius 1 is 2.00 bits per heavy atom. The molecule has 0 aromatic rings. The number of hydrogen-bond donors (Lipinski definition) is 0. The standard InChI is InChI=1S/C4H5N3O/c1-2-4(8)3-6-7-5/h2H,1,3H2. The lowest BCUT2D eigenvalue weighted by molar-refractivity contribution is -0.113. The average Bonchev–Trinajstić information content (AvgIpc) is 1.83. The van der Waals surface area contributed by atoms with Crippen LogP contribution in [-0.4, -0.2) is 12.3 Å². The molecule has 8 heavy (non-hydrogen) atoms. The summed E-state index contributed by atoms with van der Waals surface area (Å²) in [5.74, 6) is -0.261. The lowest BCUT2D eigenvalue weighted by Gasteiger charge is -1.77. The molecule has 0 aliphatic carbocycles. The van der Waals surface area contributed by atoms with Crippen molar-refractivity contribution < 1.29 is 4.79 Å². The molecule has 0 aromatic heterocycles. The molecule has 0 aliphatic heterocycles. The molecular weight excluding hydrogens is 106 g/mol. The summed E-state index contributed by atoms with van der Waals surface area (Å²) in [5, 5.41) is 3.00. The molecule has 0 heterocycles. The lowest BCUT2D eigenvalue weighted by atomic mass is 10.4. The van der Waals surface area contributed by atoms with E-state index in [-0.39, 0.29) is 12.3 Å². The van der Waals surface area contributed by atoms with Crippen molar-refractivity contribution in [3.8, 4) is 0 Å². The Bertz CT molecular complexity index is 145. The second kappa shape index (κ2) is 3.89. The monoisotopic (exact) mass is 111 g/mol. The van der Waals surface area contributed by atoms with E-state index in [1.165, 1.54) is 0 Å². The minimum atomic E-state index is -0.261. The Kier molecular flexibility index (Phi) is 3.27. The van der Waals surface area contributed by atoms with E-state index in [0.717, 1.165) is 6.08 Å². The molecule has 0 aliphatic rings. The van der Waals surface area contributed by atoms with Crippen LogP contribution in [0.15, 0.2) is 17.8 Å². The first-order valence-electron chi connectivity index (χ1n) is 1.97. The van der Waals surface area contributed by atoms with Crippen molar-refractivity contribution in [3.63, 3.8) is 0 Å². The molecule has 0 spiro atoms. The Labute approximate surface area is 46.4 Å². The topological polar surface area (TPSA) is 65.8 Å². The van der Waals surface area contributed by atoms with Crippen LogP contribution in [0.25, 0.3) is 10.4 Å². The highest BCUT2D eigenvalue weighted by Gasteiger charge is 1.87. The van der Waals surface area contributed by atoms with E-state index in [4.69, 9.17) is 5.53 Å². The van der Waals surface area contributed by atoms with Crippen molar-refractivity contribution in [2.45, 2.75) is 0 Å².